The monoisotopic (exact) mass is 486 g/mol. The van der Waals surface area contributed by atoms with Gasteiger partial charge in [-0.15, -0.1) is 11.3 Å². The summed E-state index contributed by atoms with van der Waals surface area (Å²) < 4.78 is 12.2. The number of ether oxygens (including phenoxy) is 2. The number of rotatable bonds is 7. The summed E-state index contributed by atoms with van der Waals surface area (Å²) in [5.74, 6) is -0.177. The lowest BCUT2D eigenvalue weighted by atomic mass is 9.79. The van der Waals surface area contributed by atoms with E-state index in [1.165, 1.54) is 0 Å². The first-order valence-corrected chi connectivity index (χ1v) is 13.1. The number of Topliss-reactive ketones (excluding diaryl/α,β-unsaturated/α-hetero) is 1. The van der Waals surface area contributed by atoms with Crippen LogP contribution in [0.5, 0.6) is 5.06 Å². The Labute approximate surface area is 210 Å². The van der Waals surface area contributed by atoms with Crippen molar-refractivity contribution in [3.05, 3.63) is 89.3 Å². The average Bonchev–Trinajstić information content (AvgIpc) is 3.51. The van der Waals surface area contributed by atoms with Crippen molar-refractivity contribution >= 4 is 23.1 Å². The molecular weight excluding hydrogens is 456 g/mol. The largest absolute Gasteiger partial charge is 0.473 e. The van der Waals surface area contributed by atoms with Crippen LogP contribution in [0.25, 0.3) is 11.1 Å². The summed E-state index contributed by atoms with van der Waals surface area (Å²) in [5, 5.41) is 0.773. The predicted octanol–water partition coefficient (Wildman–Crippen LogP) is 7.03. The highest BCUT2D eigenvalue weighted by Crippen LogP contribution is 2.56. The van der Waals surface area contributed by atoms with Crippen molar-refractivity contribution in [3.63, 3.8) is 0 Å². The van der Waals surface area contributed by atoms with Crippen LogP contribution in [0.4, 0.5) is 0 Å². The van der Waals surface area contributed by atoms with Crippen molar-refractivity contribution in [2.24, 2.45) is 11.3 Å². The number of allylic oxidation sites excluding steroid dienone is 2. The fourth-order valence-electron chi connectivity index (χ4n) is 5.54. The third kappa shape index (κ3) is 4.83. The molecule has 2 aromatic carbocycles. The number of hydrogen-bond donors (Lipinski definition) is 0. The summed E-state index contributed by atoms with van der Waals surface area (Å²) in [5.41, 5.74) is 2.39. The number of fused-ring (bicyclic) bond motifs is 1. The molecule has 35 heavy (non-hydrogen) atoms. The van der Waals surface area contributed by atoms with E-state index >= 15 is 0 Å². The number of aryl methyl sites for hydroxylation is 1. The molecule has 180 valence electrons. The molecule has 0 saturated heterocycles. The Morgan fingerprint density at radius 2 is 1.80 bits per heavy atom. The van der Waals surface area contributed by atoms with Gasteiger partial charge >= 0.3 is 5.97 Å². The molecule has 3 aromatic rings. The van der Waals surface area contributed by atoms with Gasteiger partial charge in [-0.05, 0) is 61.6 Å². The highest BCUT2D eigenvalue weighted by atomic mass is 32.1. The first kappa shape index (κ1) is 23.6. The van der Waals surface area contributed by atoms with Crippen molar-refractivity contribution < 1.29 is 19.1 Å². The second-order valence-electron chi connectivity index (χ2n) is 9.61. The molecular formula is C30H30O4S. The van der Waals surface area contributed by atoms with E-state index in [0.717, 1.165) is 27.5 Å². The third-order valence-electron chi connectivity index (χ3n) is 7.19. The van der Waals surface area contributed by atoms with Crippen molar-refractivity contribution in [1.29, 1.82) is 0 Å². The van der Waals surface area contributed by atoms with Gasteiger partial charge in [0.05, 0.1) is 5.56 Å². The van der Waals surface area contributed by atoms with E-state index in [2.05, 4.69) is 19.1 Å². The first-order valence-electron chi connectivity index (χ1n) is 12.3. The van der Waals surface area contributed by atoms with Crippen LogP contribution in [0.15, 0.2) is 78.9 Å². The number of ketones is 1. The number of carbonyl (C=O) groups is 2. The van der Waals surface area contributed by atoms with E-state index in [1.54, 1.807) is 11.3 Å². The van der Waals surface area contributed by atoms with Crippen molar-refractivity contribution in [2.45, 2.75) is 51.7 Å². The number of benzene rings is 2. The van der Waals surface area contributed by atoms with Crippen LogP contribution < -0.4 is 4.74 Å². The maximum Gasteiger partial charge on any atom is 0.338 e. The quantitative estimate of drug-likeness (QED) is 0.266. The Kier molecular flexibility index (Phi) is 6.61. The number of esters is 1. The minimum absolute atomic E-state index is 0.00142. The second kappa shape index (κ2) is 9.82. The SMILES string of the molecule is CCC=CC12CC(=O)C(Oc3ccc(C)s3)C1CC(OC(=O)c1ccc(-c3ccccc3)cc1)C2. The maximum absolute atomic E-state index is 13.0. The molecule has 0 radical (unpaired) electrons. The lowest BCUT2D eigenvalue weighted by molar-refractivity contribution is -0.124. The van der Waals surface area contributed by atoms with Crippen molar-refractivity contribution in [3.8, 4) is 16.2 Å². The topological polar surface area (TPSA) is 52.6 Å². The second-order valence-corrected chi connectivity index (χ2v) is 10.9. The Hall–Kier alpha value is -3.18. The molecule has 4 atom stereocenters. The molecule has 1 aromatic heterocycles. The van der Waals surface area contributed by atoms with Crippen LogP contribution in [0.2, 0.25) is 0 Å². The van der Waals surface area contributed by atoms with E-state index < -0.39 is 6.10 Å². The van der Waals surface area contributed by atoms with Gasteiger partial charge in [0, 0.05) is 22.6 Å². The minimum Gasteiger partial charge on any atom is -0.473 e. The van der Waals surface area contributed by atoms with Crippen LogP contribution >= 0.6 is 11.3 Å². The molecule has 4 unspecified atom stereocenters. The predicted molar refractivity (Wildman–Crippen MR) is 139 cm³/mol. The standard InChI is InChI=1S/C30H30O4S/c1-3-4-16-30-18-24(17-25(30)28(26(31)19-30)34-27-15-10-20(2)35-27)33-29(32)23-13-11-22(12-14-23)21-8-6-5-7-9-21/h4-16,24-25,28H,3,17-19H2,1-2H3. The lowest BCUT2D eigenvalue weighted by Crippen LogP contribution is -2.30. The molecule has 5 rings (SSSR count). The van der Waals surface area contributed by atoms with Gasteiger partial charge < -0.3 is 9.47 Å². The smallest absolute Gasteiger partial charge is 0.338 e. The van der Waals surface area contributed by atoms with Gasteiger partial charge in [-0.3, -0.25) is 4.79 Å². The summed E-state index contributed by atoms with van der Waals surface area (Å²) in [6.07, 6.45) is 6.18. The van der Waals surface area contributed by atoms with Crippen LogP contribution in [-0.2, 0) is 9.53 Å². The minimum atomic E-state index is -0.497. The zero-order valence-corrected chi connectivity index (χ0v) is 20.9. The summed E-state index contributed by atoms with van der Waals surface area (Å²) in [4.78, 5) is 27.1. The van der Waals surface area contributed by atoms with Gasteiger partial charge in [0.25, 0.3) is 0 Å². The Balaban J connectivity index is 1.31. The van der Waals surface area contributed by atoms with E-state index in [9.17, 15) is 9.59 Å². The van der Waals surface area contributed by atoms with Gasteiger partial charge in [-0.2, -0.15) is 0 Å². The third-order valence-corrected chi connectivity index (χ3v) is 8.09. The molecule has 0 aliphatic heterocycles. The highest BCUT2D eigenvalue weighted by Gasteiger charge is 2.59. The molecule has 0 N–H and O–H groups in total. The van der Waals surface area contributed by atoms with E-state index in [4.69, 9.17) is 9.47 Å². The normalized spacial score (nSPS) is 25.7. The molecule has 0 amide bonds. The van der Waals surface area contributed by atoms with Crippen LogP contribution in [0, 0.1) is 18.3 Å². The van der Waals surface area contributed by atoms with Crippen LogP contribution in [-0.4, -0.2) is 24.0 Å². The fourth-order valence-corrected chi connectivity index (χ4v) is 6.29. The lowest BCUT2D eigenvalue weighted by Gasteiger charge is -2.26. The van der Waals surface area contributed by atoms with E-state index in [0.29, 0.717) is 24.8 Å². The Morgan fingerprint density at radius 1 is 1.06 bits per heavy atom. The van der Waals surface area contributed by atoms with Gasteiger partial charge in [-0.1, -0.05) is 61.5 Å². The maximum atomic E-state index is 13.0. The molecule has 5 heteroatoms. The van der Waals surface area contributed by atoms with Crippen LogP contribution in [0.1, 0.15) is 47.8 Å². The Bertz CT molecular complexity index is 1230. The number of hydrogen-bond acceptors (Lipinski definition) is 5. The first-order chi connectivity index (χ1) is 17.0. The van der Waals surface area contributed by atoms with Crippen molar-refractivity contribution in [1.82, 2.24) is 0 Å². The summed E-state index contributed by atoms with van der Waals surface area (Å²) in [6.45, 7) is 4.12. The molecule has 0 spiro atoms. The summed E-state index contributed by atoms with van der Waals surface area (Å²) in [6, 6.07) is 21.6. The zero-order chi connectivity index (χ0) is 24.4. The van der Waals surface area contributed by atoms with Gasteiger partial charge in [0.1, 0.15) is 6.10 Å². The van der Waals surface area contributed by atoms with E-state index in [-0.39, 0.29) is 29.2 Å². The molecule has 2 aliphatic carbocycles. The van der Waals surface area contributed by atoms with Crippen molar-refractivity contribution in [2.75, 3.05) is 0 Å². The molecule has 2 saturated carbocycles. The zero-order valence-electron chi connectivity index (χ0n) is 20.1. The number of thiophene rings is 1. The Morgan fingerprint density at radius 3 is 2.49 bits per heavy atom. The number of carbonyl (C=O) groups excluding carboxylic acids is 2. The molecule has 0 bridgehead atoms. The van der Waals surface area contributed by atoms with Crippen LogP contribution in [0.3, 0.4) is 0 Å². The summed E-state index contributed by atoms with van der Waals surface area (Å²) >= 11 is 1.56. The molecule has 2 fully saturated rings. The van der Waals surface area contributed by atoms with Gasteiger partial charge in [0.2, 0.25) is 0 Å². The van der Waals surface area contributed by atoms with Gasteiger partial charge in [-0.25, -0.2) is 4.79 Å². The molecule has 2 aliphatic rings. The highest BCUT2D eigenvalue weighted by molar-refractivity contribution is 7.13. The molecule has 4 nitrogen and oxygen atoms in total. The summed E-state index contributed by atoms with van der Waals surface area (Å²) in [7, 11) is 0. The van der Waals surface area contributed by atoms with E-state index in [1.807, 2.05) is 73.7 Å². The van der Waals surface area contributed by atoms with Gasteiger partial charge in [0.15, 0.2) is 17.0 Å². The fraction of sp³-hybridized carbons (Fsp3) is 0.333. The average molecular weight is 487 g/mol. The molecule has 1 heterocycles.